The van der Waals surface area contributed by atoms with Crippen LogP contribution in [0.1, 0.15) is 47.5 Å². The molecule has 0 aromatic heterocycles. The highest BCUT2D eigenvalue weighted by Crippen LogP contribution is 2.28. The summed E-state index contributed by atoms with van der Waals surface area (Å²) < 4.78 is 0.501. The summed E-state index contributed by atoms with van der Waals surface area (Å²) in [5.74, 6) is 0.901. The predicted octanol–water partition coefficient (Wildman–Crippen LogP) is 3.44. The second-order valence-electron chi connectivity index (χ2n) is 4.48. The minimum atomic E-state index is 0. The lowest BCUT2D eigenvalue weighted by atomic mass is 9.28. The average Bonchev–Trinajstić information content (AvgIpc) is 2.00. The van der Waals surface area contributed by atoms with E-state index in [4.69, 9.17) is 0 Å². The van der Waals surface area contributed by atoms with Crippen molar-refractivity contribution in [1.82, 2.24) is 0 Å². The van der Waals surface area contributed by atoms with Gasteiger partial charge in [-0.3, -0.25) is 0 Å². The Labute approximate surface area is 100 Å². The Balaban J connectivity index is 0. The zero-order chi connectivity index (χ0) is 9.78. The number of hydrogen-bond acceptors (Lipinski definition) is 0. The van der Waals surface area contributed by atoms with Gasteiger partial charge in [0.25, 0.3) is 0 Å². The molecule has 0 aliphatic rings. The van der Waals surface area contributed by atoms with Crippen LogP contribution in [0.3, 0.4) is 0 Å². The van der Waals surface area contributed by atoms with Crippen LogP contribution in [0, 0.1) is 5.92 Å². The molecule has 2 atom stereocenters. The van der Waals surface area contributed by atoms with Crippen LogP contribution in [0.15, 0.2) is 0 Å². The summed E-state index contributed by atoms with van der Waals surface area (Å²) in [5, 5.41) is 0. The Morgan fingerprint density at radius 1 is 1.54 bits per heavy atom. The third-order valence-corrected chi connectivity index (χ3v) is 4.81. The Morgan fingerprint density at radius 3 is 2.31 bits per heavy atom. The molecule has 0 saturated carbocycles. The van der Waals surface area contributed by atoms with E-state index < -0.39 is 0 Å². The summed E-state index contributed by atoms with van der Waals surface area (Å²) in [4.78, 5) is 0. The van der Waals surface area contributed by atoms with Gasteiger partial charge in [0.15, 0.2) is 0 Å². The first-order valence-electron chi connectivity index (χ1n) is 5.09. The van der Waals surface area contributed by atoms with Crippen LogP contribution < -0.4 is 0 Å². The van der Waals surface area contributed by atoms with Crippen LogP contribution >= 0.6 is 22.6 Å². The second kappa shape index (κ2) is 7.19. The summed E-state index contributed by atoms with van der Waals surface area (Å²) in [6.07, 6.45) is 4.07. The van der Waals surface area contributed by atoms with Gasteiger partial charge < -0.3 is 0 Å². The zero-order valence-corrected chi connectivity index (χ0v) is 11.3. The summed E-state index contributed by atoms with van der Waals surface area (Å²) >= 11 is 2.62. The first-order valence-corrected chi connectivity index (χ1v) is 6.17. The largest absolute Gasteiger partial charge is 0.117 e. The summed E-state index contributed by atoms with van der Waals surface area (Å²) in [6, 6.07) is 0. The molecule has 0 radical (unpaired) electrons. The van der Waals surface area contributed by atoms with E-state index >= 15 is 0 Å². The van der Waals surface area contributed by atoms with Crippen LogP contribution in [0.4, 0.5) is 0 Å². The fraction of sp³-hybridized carbons (Fsp3) is 1.00. The maximum absolute atomic E-state index is 2.62. The van der Waals surface area contributed by atoms with E-state index in [2.05, 4.69) is 57.9 Å². The monoisotopic (exact) mass is 294 g/mol. The number of halogens is 1. The molecule has 3 heteroatoms. The fourth-order valence-corrected chi connectivity index (χ4v) is 1.33. The van der Waals surface area contributed by atoms with Crippen LogP contribution in [0.5, 0.6) is 0 Å². The van der Waals surface area contributed by atoms with E-state index in [1.807, 2.05) is 0 Å². The van der Waals surface area contributed by atoms with Crippen LogP contribution in [-0.2, 0) is 0 Å². The van der Waals surface area contributed by atoms with Crippen molar-refractivity contribution in [3.63, 3.8) is 0 Å². The Bertz CT molecular complexity index is 124. The first kappa shape index (κ1) is 16.3. The summed E-state index contributed by atoms with van der Waals surface area (Å²) in [7, 11) is 2.32. The van der Waals surface area contributed by atoms with Gasteiger partial charge in [-0.25, -0.2) is 0 Å². The molecule has 0 aliphatic heterocycles. The number of rotatable bonds is 5. The van der Waals surface area contributed by atoms with E-state index in [9.17, 15) is 0 Å². The van der Waals surface area contributed by atoms with E-state index in [1.54, 1.807) is 0 Å². The van der Waals surface area contributed by atoms with E-state index in [0.717, 1.165) is 12.5 Å². The molecule has 0 rings (SSSR count). The lowest BCUT2D eigenvalue weighted by Gasteiger charge is -2.26. The van der Waals surface area contributed by atoms with E-state index in [0.29, 0.717) is 3.32 Å². The van der Waals surface area contributed by atoms with E-state index in [-0.39, 0.29) is 7.43 Å². The zero-order valence-electron chi connectivity index (χ0n) is 9.15. The van der Waals surface area contributed by atoms with Crippen LogP contribution in [-0.4, -0.2) is 17.7 Å². The van der Waals surface area contributed by atoms with Crippen molar-refractivity contribution >= 4 is 36.9 Å². The highest BCUT2D eigenvalue weighted by atomic mass is 127. The lowest BCUT2D eigenvalue weighted by Crippen LogP contribution is -2.35. The molecule has 0 heterocycles. The number of hydrogen-bond donors (Lipinski definition) is 0. The minimum absolute atomic E-state index is 0. The standard InChI is InChI=1S/C9H21B2I.CH4/c1-5-8(2)6-7-9(3,12)11(4)10;/h8H,5-7,10H2,1-4H3;1H4. The van der Waals surface area contributed by atoms with Gasteiger partial charge in [-0.2, -0.15) is 0 Å². The Morgan fingerprint density at radius 2 is 2.00 bits per heavy atom. The van der Waals surface area contributed by atoms with Crippen molar-refractivity contribution < 1.29 is 0 Å². The Hall–Kier alpha value is 0.860. The Kier molecular flexibility index (Phi) is 9.01. The maximum Gasteiger partial charge on any atom is 0.117 e. The minimum Gasteiger partial charge on any atom is -0.0913 e. The molecule has 0 fully saturated rings. The first-order chi connectivity index (χ1) is 5.40. The molecule has 0 amide bonds. The molecule has 0 spiro atoms. The highest BCUT2D eigenvalue weighted by Gasteiger charge is 2.26. The van der Waals surface area contributed by atoms with Crippen molar-refractivity contribution in [2.75, 3.05) is 0 Å². The molecule has 0 bridgehead atoms. The van der Waals surface area contributed by atoms with Gasteiger partial charge in [0, 0.05) is 0 Å². The SMILES string of the molecule is BB(C)C(C)(I)CCC(C)CC.C. The third-order valence-electron chi connectivity index (χ3n) is 3.03. The van der Waals surface area contributed by atoms with Crippen LogP contribution in [0.2, 0.25) is 6.82 Å². The molecule has 0 N–H and O–H groups in total. The van der Waals surface area contributed by atoms with Crippen molar-refractivity contribution in [1.29, 1.82) is 0 Å². The smallest absolute Gasteiger partial charge is 0.0913 e. The van der Waals surface area contributed by atoms with Gasteiger partial charge in [0.1, 0.15) is 6.60 Å². The topological polar surface area (TPSA) is 0 Å². The molecule has 78 valence electrons. The van der Waals surface area contributed by atoms with Crippen molar-refractivity contribution in [3.05, 3.63) is 0 Å². The molecule has 0 aromatic rings. The third kappa shape index (κ3) is 6.87. The fourth-order valence-electron chi connectivity index (χ4n) is 1.02. The second-order valence-corrected chi connectivity index (χ2v) is 6.95. The van der Waals surface area contributed by atoms with Crippen molar-refractivity contribution in [3.8, 4) is 0 Å². The average molecular weight is 294 g/mol. The molecular formula is C10H25B2I. The lowest BCUT2D eigenvalue weighted by molar-refractivity contribution is 0.488. The molecular weight excluding hydrogens is 269 g/mol. The van der Waals surface area contributed by atoms with Gasteiger partial charge in [-0.15, -0.1) is 0 Å². The molecule has 0 aromatic carbocycles. The van der Waals surface area contributed by atoms with Gasteiger partial charge in [-0.1, -0.05) is 70.5 Å². The highest BCUT2D eigenvalue weighted by molar-refractivity contribution is 14.1. The predicted molar refractivity (Wildman–Crippen MR) is 78.0 cm³/mol. The maximum atomic E-state index is 2.62. The summed E-state index contributed by atoms with van der Waals surface area (Å²) in [5.41, 5.74) is 0. The molecule has 0 saturated heterocycles. The number of alkyl halides is 1. The van der Waals surface area contributed by atoms with Gasteiger partial charge in [-0.05, 0) is 15.7 Å². The molecule has 0 aliphatic carbocycles. The molecule has 0 nitrogen and oxygen atoms in total. The van der Waals surface area contributed by atoms with Gasteiger partial charge in [0.05, 0.1) is 7.74 Å². The van der Waals surface area contributed by atoms with Crippen LogP contribution in [0.25, 0.3) is 0 Å². The summed E-state index contributed by atoms with van der Waals surface area (Å²) in [6.45, 7) is 10.1. The normalized spacial score (nSPS) is 17.0. The molecule has 13 heavy (non-hydrogen) atoms. The molecule has 2 unspecified atom stereocenters. The van der Waals surface area contributed by atoms with Gasteiger partial charge >= 0.3 is 0 Å². The van der Waals surface area contributed by atoms with Gasteiger partial charge in [0.2, 0.25) is 0 Å². The quantitative estimate of drug-likeness (QED) is 0.414. The van der Waals surface area contributed by atoms with E-state index in [1.165, 1.54) is 19.3 Å². The van der Waals surface area contributed by atoms with Crippen molar-refractivity contribution in [2.24, 2.45) is 5.92 Å². The van der Waals surface area contributed by atoms with Crippen molar-refractivity contribution in [2.45, 2.75) is 57.6 Å².